The highest BCUT2D eigenvalue weighted by atomic mass is 16.5. The lowest BCUT2D eigenvalue weighted by molar-refractivity contribution is -0.131. The Balaban J connectivity index is 1.56. The van der Waals surface area contributed by atoms with E-state index in [4.69, 9.17) is 4.74 Å². The molecule has 1 N–H and O–H groups in total. The molecule has 0 saturated carbocycles. The van der Waals surface area contributed by atoms with Crippen molar-refractivity contribution in [3.8, 4) is 0 Å². The highest BCUT2D eigenvalue weighted by Gasteiger charge is 2.44. The van der Waals surface area contributed by atoms with Crippen LogP contribution in [0.3, 0.4) is 0 Å². The van der Waals surface area contributed by atoms with Gasteiger partial charge < -0.3 is 15.0 Å². The molecule has 0 aromatic carbocycles. The fourth-order valence-electron chi connectivity index (χ4n) is 4.01. The number of hydrogen-bond donors (Lipinski definition) is 1. The first kappa shape index (κ1) is 15.3. The van der Waals surface area contributed by atoms with Crippen LogP contribution in [0.2, 0.25) is 0 Å². The summed E-state index contributed by atoms with van der Waals surface area (Å²) in [6.07, 6.45) is 3.20. The molecule has 3 aliphatic rings. The Labute approximate surface area is 128 Å². The van der Waals surface area contributed by atoms with Gasteiger partial charge in [0.1, 0.15) is 0 Å². The summed E-state index contributed by atoms with van der Waals surface area (Å²) in [6, 6.07) is 0.557. The smallest absolute Gasteiger partial charge is 0.223 e. The van der Waals surface area contributed by atoms with Crippen LogP contribution >= 0.6 is 0 Å². The first-order valence-electron chi connectivity index (χ1n) is 8.42. The van der Waals surface area contributed by atoms with Gasteiger partial charge in [0.05, 0.1) is 12.7 Å². The first-order valence-corrected chi connectivity index (χ1v) is 8.42. The largest absolute Gasteiger partial charge is 0.374 e. The van der Waals surface area contributed by atoms with Crippen LogP contribution in [0.25, 0.3) is 0 Å². The number of piperidine rings is 1. The molecule has 1 atom stereocenters. The zero-order chi connectivity index (χ0) is 14.9. The summed E-state index contributed by atoms with van der Waals surface area (Å²) in [5.41, 5.74) is 0.245. The molecule has 21 heavy (non-hydrogen) atoms. The van der Waals surface area contributed by atoms with Crippen LogP contribution in [0.5, 0.6) is 0 Å². The molecule has 120 valence electrons. The van der Waals surface area contributed by atoms with Gasteiger partial charge in [-0.3, -0.25) is 9.69 Å². The van der Waals surface area contributed by atoms with E-state index < -0.39 is 0 Å². The van der Waals surface area contributed by atoms with E-state index in [0.717, 1.165) is 65.1 Å². The van der Waals surface area contributed by atoms with Crippen LogP contribution in [0.4, 0.5) is 0 Å². The SMILES string of the molecule is CC(C)N1CCOC(CN2CC3(CCNCC3)CC2=O)C1. The Morgan fingerprint density at radius 2 is 2.14 bits per heavy atom. The van der Waals surface area contributed by atoms with Crippen LogP contribution in [0.15, 0.2) is 0 Å². The Kier molecular flexibility index (Phi) is 4.52. The second-order valence-corrected chi connectivity index (χ2v) is 7.28. The minimum atomic E-state index is 0.182. The Morgan fingerprint density at radius 3 is 2.86 bits per heavy atom. The summed E-state index contributed by atoms with van der Waals surface area (Å²) < 4.78 is 5.90. The zero-order valence-corrected chi connectivity index (χ0v) is 13.4. The number of likely N-dealkylation sites (tertiary alicyclic amines) is 1. The molecular formula is C16H29N3O2. The predicted molar refractivity (Wildman–Crippen MR) is 82.2 cm³/mol. The molecule has 0 aliphatic carbocycles. The molecule has 1 unspecified atom stereocenters. The third kappa shape index (κ3) is 3.41. The third-order valence-corrected chi connectivity index (χ3v) is 5.39. The quantitative estimate of drug-likeness (QED) is 0.832. The Morgan fingerprint density at radius 1 is 1.38 bits per heavy atom. The first-order chi connectivity index (χ1) is 10.1. The monoisotopic (exact) mass is 295 g/mol. The summed E-state index contributed by atoms with van der Waals surface area (Å²) in [4.78, 5) is 16.9. The highest BCUT2D eigenvalue weighted by molar-refractivity contribution is 5.79. The lowest BCUT2D eigenvalue weighted by Gasteiger charge is -2.38. The van der Waals surface area contributed by atoms with Crippen molar-refractivity contribution in [2.24, 2.45) is 5.41 Å². The van der Waals surface area contributed by atoms with E-state index in [1.807, 2.05) is 0 Å². The number of nitrogens with zero attached hydrogens (tertiary/aromatic N) is 2. The van der Waals surface area contributed by atoms with E-state index in [2.05, 4.69) is 29.0 Å². The van der Waals surface area contributed by atoms with Gasteiger partial charge >= 0.3 is 0 Å². The van der Waals surface area contributed by atoms with E-state index in [1.165, 1.54) is 0 Å². The van der Waals surface area contributed by atoms with E-state index in [-0.39, 0.29) is 11.5 Å². The fourth-order valence-corrected chi connectivity index (χ4v) is 4.01. The van der Waals surface area contributed by atoms with Crippen molar-refractivity contribution in [2.75, 3.05) is 45.9 Å². The molecule has 3 aliphatic heterocycles. The van der Waals surface area contributed by atoms with Crippen molar-refractivity contribution < 1.29 is 9.53 Å². The minimum Gasteiger partial charge on any atom is -0.374 e. The molecule has 0 bridgehead atoms. The number of rotatable bonds is 3. The van der Waals surface area contributed by atoms with Crippen LogP contribution in [-0.4, -0.2) is 73.7 Å². The van der Waals surface area contributed by atoms with Gasteiger partial charge in [-0.15, -0.1) is 0 Å². The average Bonchev–Trinajstić information content (AvgIpc) is 2.75. The minimum absolute atomic E-state index is 0.182. The zero-order valence-electron chi connectivity index (χ0n) is 13.4. The average molecular weight is 295 g/mol. The van der Waals surface area contributed by atoms with Gasteiger partial charge in [0.2, 0.25) is 5.91 Å². The van der Waals surface area contributed by atoms with Crippen LogP contribution < -0.4 is 5.32 Å². The molecule has 0 radical (unpaired) electrons. The number of carbonyl (C=O) groups is 1. The van der Waals surface area contributed by atoms with Crippen molar-refractivity contribution in [3.05, 3.63) is 0 Å². The lowest BCUT2D eigenvalue weighted by atomic mass is 9.78. The summed E-state index contributed by atoms with van der Waals surface area (Å²) in [6.45, 7) is 11.0. The lowest BCUT2D eigenvalue weighted by Crippen LogP contribution is -2.50. The molecule has 3 fully saturated rings. The van der Waals surface area contributed by atoms with Gasteiger partial charge in [-0.2, -0.15) is 0 Å². The molecule has 5 heteroatoms. The van der Waals surface area contributed by atoms with Crippen molar-refractivity contribution in [1.29, 1.82) is 0 Å². The standard InChI is InChI=1S/C16H29N3O2/c1-13(2)18-7-8-21-14(10-18)11-19-12-16(9-15(19)20)3-5-17-6-4-16/h13-14,17H,3-12H2,1-2H3. The van der Waals surface area contributed by atoms with Crippen molar-refractivity contribution in [3.63, 3.8) is 0 Å². The summed E-state index contributed by atoms with van der Waals surface area (Å²) in [7, 11) is 0. The van der Waals surface area contributed by atoms with E-state index >= 15 is 0 Å². The van der Waals surface area contributed by atoms with E-state index in [0.29, 0.717) is 11.9 Å². The maximum absolute atomic E-state index is 12.4. The second-order valence-electron chi connectivity index (χ2n) is 7.28. The summed E-state index contributed by atoms with van der Waals surface area (Å²) in [5.74, 6) is 0.335. The van der Waals surface area contributed by atoms with Gasteiger partial charge in [0.25, 0.3) is 0 Å². The normalized spacial score (nSPS) is 30.5. The molecular weight excluding hydrogens is 266 g/mol. The van der Waals surface area contributed by atoms with Crippen LogP contribution in [0, 0.1) is 5.41 Å². The molecule has 3 heterocycles. The number of amides is 1. The highest BCUT2D eigenvalue weighted by Crippen LogP contribution is 2.39. The maximum Gasteiger partial charge on any atom is 0.223 e. The topological polar surface area (TPSA) is 44.8 Å². The van der Waals surface area contributed by atoms with Gasteiger partial charge in [0, 0.05) is 38.6 Å². The number of nitrogens with one attached hydrogen (secondary N) is 1. The van der Waals surface area contributed by atoms with Gasteiger partial charge in [-0.1, -0.05) is 0 Å². The van der Waals surface area contributed by atoms with Crippen molar-refractivity contribution in [1.82, 2.24) is 15.1 Å². The van der Waals surface area contributed by atoms with E-state index in [1.54, 1.807) is 0 Å². The Hall–Kier alpha value is -0.650. The Bertz CT molecular complexity index is 380. The fraction of sp³-hybridized carbons (Fsp3) is 0.938. The number of ether oxygens (including phenoxy) is 1. The molecule has 5 nitrogen and oxygen atoms in total. The molecule has 1 spiro atoms. The third-order valence-electron chi connectivity index (χ3n) is 5.39. The van der Waals surface area contributed by atoms with Gasteiger partial charge in [-0.05, 0) is 45.2 Å². The van der Waals surface area contributed by atoms with Crippen molar-refractivity contribution >= 4 is 5.91 Å². The van der Waals surface area contributed by atoms with Crippen molar-refractivity contribution in [2.45, 2.75) is 45.3 Å². The number of morpholine rings is 1. The van der Waals surface area contributed by atoms with E-state index in [9.17, 15) is 4.79 Å². The summed E-state index contributed by atoms with van der Waals surface area (Å²) >= 11 is 0. The van der Waals surface area contributed by atoms with Crippen LogP contribution in [0.1, 0.15) is 33.1 Å². The molecule has 3 saturated heterocycles. The van der Waals surface area contributed by atoms with Gasteiger partial charge in [0.15, 0.2) is 0 Å². The predicted octanol–water partition coefficient (Wildman–Crippen LogP) is 0.698. The second kappa shape index (κ2) is 6.23. The molecule has 3 rings (SSSR count). The maximum atomic E-state index is 12.4. The number of carbonyl (C=O) groups excluding carboxylic acids is 1. The van der Waals surface area contributed by atoms with Gasteiger partial charge in [-0.25, -0.2) is 0 Å². The molecule has 0 aromatic heterocycles. The molecule has 1 amide bonds. The van der Waals surface area contributed by atoms with Crippen LogP contribution in [-0.2, 0) is 9.53 Å². The number of hydrogen-bond acceptors (Lipinski definition) is 4. The molecule has 0 aromatic rings. The summed E-state index contributed by atoms with van der Waals surface area (Å²) in [5, 5.41) is 3.40.